The normalized spacial score (nSPS) is 12.4. The van der Waals surface area contributed by atoms with Crippen LogP contribution in [-0.4, -0.2) is 104 Å². The number of ether oxygens (including phenoxy) is 1. The molecule has 46 heavy (non-hydrogen) atoms. The molecule has 3 aromatic rings. The summed E-state index contributed by atoms with van der Waals surface area (Å²) in [5, 5.41) is 31.6. The van der Waals surface area contributed by atoms with Gasteiger partial charge in [-0.05, 0) is 29.5 Å². The second kappa shape index (κ2) is 23.5. The van der Waals surface area contributed by atoms with Crippen molar-refractivity contribution >= 4 is 67.5 Å². The molecule has 0 bridgehead atoms. The van der Waals surface area contributed by atoms with E-state index in [1.807, 2.05) is 78.9 Å². The Labute approximate surface area is 297 Å². The Kier molecular flexibility index (Phi) is 21.5. The van der Waals surface area contributed by atoms with Gasteiger partial charge in [0.15, 0.2) is 0 Å². The topological polar surface area (TPSA) is 251 Å². The maximum Gasteiger partial charge on any atom is 2.00 e. The van der Waals surface area contributed by atoms with Crippen molar-refractivity contribution in [2.75, 3.05) is 7.11 Å². The minimum Gasteiger partial charge on any atom is -0.548 e. The number of hydrogen-bond acceptors (Lipinski definition) is 11. The summed E-state index contributed by atoms with van der Waals surface area (Å²) in [6.45, 7) is 0. The van der Waals surface area contributed by atoms with E-state index in [1.54, 1.807) is 12.1 Å². The average molecular weight is 663 g/mol. The SMILES string of the molecule is COC(=O)C(Cc1ccccc1)NC(=O)C(N)CC(=O)O.N[C@@H](Cc1ccccc1)C(=O)[O-].N[C@@H](Cc1ccccc1)C(=O)[O-].[Ca+2]. The van der Waals surface area contributed by atoms with E-state index in [0.29, 0.717) is 12.8 Å². The zero-order valence-corrected chi connectivity index (χ0v) is 27.7. The van der Waals surface area contributed by atoms with Gasteiger partial charge in [-0.15, -0.1) is 0 Å². The van der Waals surface area contributed by atoms with Crippen molar-refractivity contribution in [3.05, 3.63) is 108 Å². The van der Waals surface area contributed by atoms with Gasteiger partial charge in [0.25, 0.3) is 0 Å². The van der Waals surface area contributed by atoms with Crippen LogP contribution in [0.2, 0.25) is 0 Å². The molecule has 0 radical (unpaired) electrons. The van der Waals surface area contributed by atoms with E-state index in [9.17, 15) is 34.2 Å². The number of esters is 1. The molecule has 4 atom stereocenters. The Morgan fingerprint density at radius 3 is 1.33 bits per heavy atom. The minimum absolute atomic E-state index is 0. The van der Waals surface area contributed by atoms with E-state index >= 15 is 0 Å². The van der Waals surface area contributed by atoms with Crippen molar-refractivity contribution in [2.45, 2.75) is 49.9 Å². The molecule has 8 N–H and O–H groups in total. The van der Waals surface area contributed by atoms with Gasteiger partial charge in [0.05, 0.1) is 31.5 Å². The number of methoxy groups -OCH3 is 1. The zero-order chi connectivity index (χ0) is 33.8. The standard InChI is InChI=1S/C14H18N2O5.2C9H11NO2.Ca/c1-21-14(20)11(7-9-5-3-2-4-6-9)16-13(19)10(15)8-12(17)18;2*10-8(9(11)12)6-7-4-2-1-3-5-7;/h2-6,10-11H,7-8,15H2,1H3,(H,16,19)(H,17,18);2*1-5,8H,6,10H2,(H,11,12);/q;;;+2/p-2/t;2*8-;/m.00./s1. The first-order valence-corrected chi connectivity index (χ1v) is 13.7. The molecule has 0 aromatic heterocycles. The van der Waals surface area contributed by atoms with E-state index in [2.05, 4.69) is 10.1 Å². The second-order valence-electron chi connectivity index (χ2n) is 9.71. The van der Waals surface area contributed by atoms with E-state index in [1.165, 1.54) is 7.11 Å². The van der Waals surface area contributed by atoms with Crippen LogP contribution in [0, 0.1) is 0 Å². The summed E-state index contributed by atoms with van der Waals surface area (Å²) in [6, 6.07) is 23.6. The van der Waals surface area contributed by atoms with Crippen LogP contribution in [0.25, 0.3) is 0 Å². The second-order valence-corrected chi connectivity index (χ2v) is 9.71. The number of carbonyl (C=O) groups excluding carboxylic acids is 4. The average Bonchev–Trinajstić information content (AvgIpc) is 3.02. The first-order chi connectivity index (χ1) is 21.3. The van der Waals surface area contributed by atoms with Gasteiger partial charge in [0.2, 0.25) is 5.91 Å². The largest absolute Gasteiger partial charge is 2.00 e. The third-order valence-electron chi connectivity index (χ3n) is 6.02. The van der Waals surface area contributed by atoms with Gasteiger partial charge in [-0.25, -0.2) is 4.79 Å². The Bertz CT molecular complexity index is 1290. The van der Waals surface area contributed by atoms with E-state index in [-0.39, 0.29) is 44.2 Å². The Hall–Kier alpha value is -3.85. The van der Waals surface area contributed by atoms with Crippen molar-refractivity contribution in [1.29, 1.82) is 0 Å². The van der Waals surface area contributed by atoms with Crippen LogP contribution in [0.15, 0.2) is 91.0 Å². The Balaban J connectivity index is 0.000000696. The number of benzene rings is 3. The van der Waals surface area contributed by atoms with Gasteiger partial charge < -0.3 is 52.2 Å². The van der Waals surface area contributed by atoms with E-state index in [4.69, 9.17) is 22.3 Å². The van der Waals surface area contributed by atoms with Crippen molar-refractivity contribution in [1.82, 2.24) is 5.32 Å². The summed E-state index contributed by atoms with van der Waals surface area (Å²) >= 11 is 0. The van der Waals surface area contributed by atoms with Gasteiger partial charge in [-0.2, -0.15) is 0 Å². The molecule has 242 valence electrons. The molecule has 3 rings (SSSR count). The summed E-state index contributed by atoms with van der Waals surface area (Å²) in [5.74, 6) is -4.92. The summed E-state index contributed by atoms with van der Waals surface area (Å²) < 4.78 is 4.64. The monoisotopic (exact) mass is 662 g/mol. The summed E-state index contributed by atoms with van der Waals surface area (Å²) in [6.07, 6.45) is 0.371. The number of carboxylic acids is 3. The van der Waals surface area contributed by atoms with Crippen LogP contribution < -0.4 is 32.7 Å². The van der Waals surface area contributed by atoms with Gasteiger partial charge >= 0.3 is 49.7 Å². The molecule has 0 aliphatic heterocycles. The molecule has 0 saturated carbocycles. The fraction of sp³-hybridized carbons (Fsp3) is 0.281. The molecule has 0 aliphatic rings. The molecule has 3 aromatic carbocycles. The first-order valence-electron chi connectivity index (χ1n) is 13.7. The van der Waals surface area contributed by atoms with Gasteiger partial charge in [0.1, 0.15) is 6.04 Å². The predicted octanol–water partition coefficient (Wildman–Crippen LogP) is -2.08. The van der Waals surface area contributed by atoms with Crippen LogP contribution in [0.4, 0.5) is 0 Å². The van der Waals surface area contributed by atoms with E-state index < -0.39 is 60.4 Å². The molecular weight excluding hydrogens is 624 g/mol. The van der Waals surface area contributed by atoms with Crippen molar-refractivity contribution in [3.63, 3.8) is 0 Å². The van der Waals surface area contributed by atoms with Crippen molar-refractivity contribution < 1.29 is 44.0 Å². The van der Waals surface area contributed by atoms with Crippen LogP contribution >= 0.6 is 0 Å². The number of hydrogen-bond donors (Lipinski definition) is 5. The van der Waals surface area contributed by atoms with E-state index in [0.717, 1.165) is 16.7 Å². The molecule has 1 amide bonds. The number of amides is 1. The van der Waals surface area contributed by atoms with Crippen LogP contribution in [0.3, 0.4) is 0 Å². The third-order valence-corrected chi connectivity index (χ3v) is 6.02. The molecule has 14 heteroatoms. The fourth-order valence-electron chi connectivity index (χ4n) is 3.65. The molecule has 13 nitrogen and oxygen atoms in total. The fourth-order valence-corrected chi connectivity index (χ4v) is 3.65. The summed E-state index contributed by atoms with van der Waals surface area (Å²) in [7, 11) is 1.21. The quantitative estimate of drug-likeness (QED) is 0.0977. The number of carbonyl (C=O) groups is 5. The number of aliphatic carboxylic acids is 3. The molecule has 0 heterocycles. The number of nitrogens with two attached hydrogens (primary N) is 3. The van der Waals surface area contributed by atoms with Crippen molar-refractivity contribution in [3.8, 4) is 0 Å². The minimum atomic E-state index is -1.22. The zero-order valence-electron chi connectivity index (χ0n) is 25.5. The van der Waals surface area contributed by atoms with Crippen molar-refractivity contribution in [2.24, 2.45) is 17.2 Å². The predicted molar refractivity (Wildman–Crippen MR) is 166 cm³/mol. The molecule has 0 aliphatic carbocycles. The van der Waals surface area contributed by atoms with Crippen LogP contribution in [0.1, 0.15) is 23.1 Å². The van der Waals surface area contributed by atoms with Gasteiger partial charge in [-0.1, -0.05) is 91.0 Å². The Morgan fingerprint density at radius 1 is 0.674 bits per heavy atom. The molecule has 0 fully saturated rings. The Morgan fingerprint density at radius 2 is 1.02 bits per heavy atom. The maximum absolute atomic E-state index is 11.8. The summed E-state index contributed by atoms with van der Waals surface area (Å²) in [4.78, 5) is 54.6. The van der Waals surface area contributed by atoms with Gasteiger partial charge in [-0.3, -0.25) is 9.59 Å². The maximum atomic E-state index is 11.8. The number of nitrogens with one attached hydrogen (secondary N) is 1. The van der Waals surface area contributed by atoms with Crippen LogP contribution in [-0.2, 0) is 48.0 Å². The smallest absolute Gasteiger partial charge is 0.548 e. The van der Waals surface area contributed by atoms with Gasteiger partial charge in [0, 0.05) is 18.5 Å². The molecular formula is C32H38CaN4O9. The number of carboxylic acid groups (broad SMARTS) is 3. The first kappa shape index (κ1) is 42.1. The third kappa shape index (κ3) is 18.2. The summed E-state index contributed by atoms with van der Waals surface area (Å²) in [5.41, 5.74) is 18.7. The number of rotatable bonds is 13. The molecule has 0 spiro atoms. The van der Waals surface area contributed by atoms with Crippen LogP contribution in [0.5, 0.6) is 0 Å². The molecule has 0 saturated heterocycles. The molecule has 2 unspecified atom stereocenters.